The van der Waals surface area contributed by atoms with E-state index < -0.39 is 0 Å². The van der Waals surface area contributed by atoms with Gasteiger partial charge in [0.2, 0.25) is 17.6 Å². The third kappa shape index (κ3) is 4.39. The highest BCUT2D eigenvalue weighted by Gasteiger charge is 2.33. The first-order chi connectivity index (χ1) is 12.1. The van der Waals surface area contributed by atoms with Gasteiger partial charge in [-0.3, -0.25) is 10.1 Å². The van der Waals surface area contributed by atoms with E-state index in [0.29, 0.717) is 23.9 Å². The molecular formula is C17H22N4O3S. The number of nitrogens with one attached hydrogen (secondary N) is 2. The van der Waals surface area contributed by atoms with Crippen LogP contribution in [0.4, 0.5) is 0 Å². The molecule has 7 nitrogen and oxygen atoms in total. The Morgan fingerprint density at radius 2 is 2.08 bits per heavy atom. The smallest absolute Gasteiger partial charge is 0.237 e. The van der Waals surface area contributed by atoms with Gasteiger partial charge in [-0.1, -0.05) is 35.0 Å². The molecule has 1 amide bonds. The number of aromatic nitrogens is 2. The number of aliphatic hydroxyl groups is 1. The van der Waals surface area contributed by atoms with Crippen LogP contribution in [0.15, 0.2) is 28.8 Å². The number of thioether (sulfide) groups is 1. The molecule has 1 aliphatic heterocycles. The van der Waals surface area contributed by atoms with Gasteiger partial charge < -0.3 is 14.9 Å². The van der Waals surface area contributed by atoms with Gasteiger partial charge in [-0.15, -0.1) is 11.8 Å². The molecule has 1 aliphatic rings. The number of aliphatic hydroxyl groups excluding tert-OH is 1. The zero-order valence-corrected chi connectivity index (χ0v) is 15.0. The highest BCUT2D eigenvalue weighted by atomic mass is 32.2. The molecule has 134 valence electrons. The summed E-state index contributed by atoms with van der Waals surface area (Å²) in [6.07, 6.45) is 0.459. The number of hydrogen-bond donors (Lipinski definition) is 3. The van der Waals surface area contributed by atoms with Crippen molar-refractivity contribution in [3.63, 3.8) is 0 Å². The summed E-state index contributed by atoms with van der Waals surface area (Å²) in [5.74, 6) is 1.32. The third-order valence-corrected chi connectivity index (χ3v) is 5.22. The lowest BCUT2D eigenvalue weighted by atomic mass is 9.95. The summed E-state index contributed by atoms with van der Waals surface area (Å²) in [6, 6.07) is 7.94. The lowest BCUT2D eigenvalue weighted by molar-refractivity contribution is -0.128. The Balaban J connectivity index is 1.56. The van der Waals surface area contributed by atoms with Crippen molar-refractivity contribution in [1.82, 2.24) is 20.8 Å². The summed E-state index contributed by atoms with van der Waals surface area (Å²) >= 11 is 1.49. The SMILES string of the molecule is Cc1ccc(-c2noc(CSC3NC(=O)C(CCO)C(C)N3)n2)cc1. The van der Waals surface area contributed by atoms with Crippen LogP contribution < -0.4 is 10.6 Å². The number of amides is 1. The van der Waals surface area contributed by atoms with Crippen LogP contribution in [0.3, 0.4) is 0 Å². The summed E-state index contributed by atoms with van der Waals surface area (Å²) in [6.45, 7) is 3.99. The molecule has 1 aromatic heterocycles. The molecule has 2 heterocycles. The number of nitrogens with zero attached hydrogens (tertiary/aromatic N) is 2. The standard InChI is InChI=1S/C17H22N4O3S/c1-10-3-5-12(6-4-10)15-19-14(24-21-15)9-25-17-18-11(2)13(7-8-22)16(23)20-17/h3-6,11,13,17-18,22H,7-9H2,1-2H3,(H,20,23). The highest BCUT2D eigenvalue weighted by molar-refractivity contribution is 7.99. The molecule has 3 unspecified atom stereocenters. The van der Waals surface area contributed by atoms with E-state index in [-0.39, 0.29) is 30.0 Å². The van der Waals surface area contributed by atoms with Crippen LogP contribution in [0, 0.1) is 12.8 Å². The number of carbonyl (C=O) groups excluding carboxylic acids is 1. The second kappa shape index (κ2) is 7.99. The van der Waals surface area contributed by atoms with Crippen LogP contribution in [0.2, 0.25) is 0 Å². The van der Waals surface area contributed by atoms with E-state index in [1.807, 2.05) is 38.1 Å². The van der Waals surface area contributed by atoms with Gasteiger partial charge in [-0.2, -0.15) is 4.98 Å². The van der Waals surface area contributed by atoms with Gasteiger partial charge in [-0.05, 0) is 20.3 Å². The quantitative estimate of drug-likeness (QED) is 0.719. The minimum Gasteiger partial charge on any atom is -0.396 e. The minimum absolute atomic E-state index is 0.00389. The molecule has 0 spiro atoms. The maximum absolute atomic E-state index is 12.1. The van der Waals surface area contributed by atoms with Gasteiger partial charge in [0.25, 0.3) is 0 Å². The van der Waals surface area contributed by atoms with Crippen molar-refractivity contribution in [3.8, 4) is 11.4 Å². The summed E-state index contributed by atoms with van der Waals surface area (Å²) in [5, 5.41) is 19.3. The molecule has 3 N–H and O–H groups in total. The van der Waals surface area contributed by atoms with E-state index in [1.165, 1.54) is 17.3 Å². The predicted molar refractivity (Wildman–Crippen MR) is 95.5 cm³/mol. The average Bonchev–Trinajstić information content (AvgIpc) is 3.06. The largest absolute Gasteiger partial charge is 0.396 e. The number of hydrogen-bond acceptors (Lipinski definition) is 7. The maximum atomic E-state index is 12.1. The van der Waals surface area contributed by atoms with E-state index in [9.17, 15) is 4.79 Å². The zero-order chi connectivity index (χ0) is 17.8. The number of aryl methyl sites for hydroxylation is 1. The lowest BCUT2D eigenvalue weighted by Crippen LogP contribution is -2.59. The molecule has 1 aromatic carbocycles. The fourth-order valence-corrected chi connectivity index (χ4v) is 3.69. The first kappa shape index (κ1) is 17.9. The molecule has 1 saturated heterocycles. The summed E-state index contributed by atoms with van der Waals surface area (Å²) in [5.41, 5.74) is 1.87. The number of carbonyl (C=O) groups is 1. The Kier molecular flexibility index (Phi) is 5.72. The number of benzene rings is 1. The van der Waals surface area contributed by atoms with Crippen molar-refractivity contribution in [2.24, 2.45) is 5.92 Å². The second-order valence-corrected chi connectivity index (χ2v) is 7.24. The van der Waals surface area contributed by atoms with Crippen LogP contribution in [0.1, 0.15) is 24.8 Å². The van der Waals surface area contributed by atoms with Crippen LogP contribution in [0.5, 0.6) is 0 Å². The fraction of sp³-hybridized carbons (Fsp3) is 0.471. The van der Waals surface area contributed by atoms with Crippen molar-refractivity contribution < 1.29 is 14.4 Å². The van der Waals surface area contributed by atoms with Crippen LogP contribution >= 0.6 is 11.8 Å². The molecule has 2 aromatic rings. The highest BCUT2D eigenvalue weighted by Crippen LogP contribution is 2.23. The zero-order valence-electron chi connectivity index (χ0n) is 14.2. The van der Waals surface area contributed by atoms with Gasteiger partial charge in [0.15, 0.2) is 0 Å². The maximum Gasteiger partial charge on any atom is 0.237 e. The fourth-order valence-electron chi connectivity index (χ4n) is 2.76. The van der Waals surface area contributed by atoms with Gasteiger partial charge in [-0.25, -0.2) is 0 Å². The Morgan fingerprint density at radius 1 is 1.32 bits per heavy atom. The summed E-state index contributed by atoms with van der Waals surface area (Å²) < 4.78 is 5.30. The molecule has 3 rings (SSSR count). The first-order valence-electron chi connectivity index (χ1n) is 8.25. The van der Waals surface area contributed by atoms with E-state index in [4.69, 9.17) is 9.63 Å². The predicted octanol–water partition coefficient (Wildman–Crippen LogP) is 1.67. The van der Waals surface area contributed by atoms with Crippen molar-refractivity contribution >= 4 is 17.7 Å². The van der Waals surface area contributed by atoms with Gasteiger partial charge in [0, 0.05) is 18.2 Å². The van der Waals surface area contributed by atoms with Crippen LogP contribution in [-0.2, 0) is 10.5 Å². The topological polar surface area (TPSA) is 100 Å². The van der Waals surface area contributed by atoms with Crippen molar-refractivity contribution in [2.75, 3.05) is 6.61 Å². The van der Waals surface area contributed by atoms with Crippen molar-refractivity contribution in [2.45, 2.75) is 37.6 Å². The van der Waals surface area contributed by atoms with E-state index >= 15 is 0 Å². The molecule has 0 saturated carbocycles. The Morgan fingerprint density at radius 3 is 2.76 bits per heavy atom. The second-order valence-electron chi connectivity index (χ2n) is 6.15. The Hall–Kier alpha value is -1.90. The Bertz CT molecular complexity index is 719. The van der Waals surface area contributed by atoms with Crippen LogP contribution in [0.25, 0.3) is 11.4 Å². The van der Waals surface area contributed by atoms with Gasteiger partial charge in [0.1, 0.15) is 5.50 Å². The van der Waals surface area contributed by atoms with Gasteiger partial charge in [0.05, 0.1) is 11.7 Å². The number of rotatable bonds is 6. The molecule has 1 fully saturated rings. The molecule has 0 radical (unpaired) electrons. The summed E-state index contributed by atoms with van der Waals surface area (Å²) in [7, 11) is 0. The monoisotopic (exact) mass is 362 g/mol. The minimum atomic E-state index is -0.216. The molecular weight excluding hydrogens is 340 g/mol. The Labute approximate surface area is 150 Å². The first-order valence-corrected chi connectivity index (χ1v) is 9.30. The normalized spacial score (nSPS) is 23.5. The van der Waals surface area contributed by atoms with E-state index in [2.05, 4.69) is 20.8 Å². The molecule has 0 aliphatic carbocycles. The van der Waals surface area contributed by atoms with Crippen molar-refractivity contribution in [3.05, 3.63) is 35.7 Å². The van der Waals surface area contributed by atoms with Crippen molar-refractivity contribution in [1.29, 1.82) is 0 Å². The third-order valence-electron chi connectivity index (χ3n) is 4.22. The molecule has 8 heteroatoms. The molecule has 25 heavy (non-hydrogen) atoms. The average molecular weight is 362 g/mol. The molecule has 3 atom stereocenters. The van der Waals surface area contributed by atoms with E-state index in [1.54, 1.807) is 0 Å². The lowest BCUT2D eigenvalue weighted by Gasteiger charge is -2.34. The molecule has 0 bridgehead atoms. The van der Waals surface area contributed by atoms with Crippen LogP contribution in [-0.4, -0.2) is 39.3 Å². The van der Waals surface area contributed by atoms with E-state index in [0.717, 1.165) is 5.56 Å². The summed E-state index contributed by atoms with van der Waals surface area (Å²) in [4.78, 5) is 16.5. The van der Waals surface area contributed by atoms with Gasteiger partial charge >= 0.3 is 0 Å².